The van der Waals surface area contributed by atoms with E-state index in [1.165, 1.54) is 6.07 Å². The summed E-state index contributed by atoms with van der Waals surface area (Å²) in [6.45, 7) is 5.53. The summed E-state index contributed by atoms with van der Waals surface area (Å²) in [7, 11) is 0. The summed E-state index contributed by atoms with van der Waals surface area (Å²) in [6.07, 6.45) is 1.89. The van der Waals surface area contributed by atoms with Crippen molar-refractivity contribution in [3.05, 3.63) is 65.0 Å². The van der Waals surface area contributed by atoms with Crippen LogP contribution in [-0.4, -0.2) is 25.0 Å². The van der Waals surface area contributed by atoms with Gasteiger partial charge in [-0.25, -0.2) is 4.39 Å². The third kappa shape index (κ3) is 4.22. The lowest BCUT2D eigenvalue weighted by Gasteiger charge is -2.36. The Bertz CT molecular complexity index is 775. The van der Waals surface area contributed by atoms with Crippen molar-refractivity contribution in [2.75, 3.05) is 18.0 Å². The van der Waals surface area contributed by atoms with Crippen molar-refractivity contribution in [1.29, 1.82) is 0 Å². The van der Waals surface area contributed by atoms with Gasteiger partial charge in [0.05, 0.1) is 0 Å². The molecule has 1 fully saturated rings. The smallest absolute Gasteiger partial charge is 0.241 e. The van der Waals surface area contributed by atoms with Crippen molar-refractivity contribution in [3.63, 3.8) is 0 Å². The molecule has 1 amide bonds. The number of anilines is 1. The zero-order valence-corrected chi connectivity index (χ0v) is 15.3. The van der Waals surface area contributed by atoms with Crippen LogP contribution in [0.4, 0.5) is 10.1 Å². The predicted molar refractivity (Wildman–Crippen MR) is 103 cm³/mol. The zero-order valence-electron chi connectivity index (χ0n) is 15.3. The Morgan fingerprint density at radius 3 is 2.65 bits per heavy atom. The quantitative estimate of drug-likeness (QED) is 0.885. The van der Waals surface area contributed by atoms with Gasteiger partial charge in [0.25, 0.3) is 0 Å². The molecular formula is C21H26FN3O. The number of carbonyl (C=O) groups excluding carboxylic acids is 1. The van der Waals surface area contributed by atoms with Crippen molar-refractivity contribution in [2.24, 2.45) is 5.73 Å². The average Bonchev–Trinajstić information content (AvgIpc) is 2.62. The van der Waals surface area contributed by atoms with Gasteiger partial charge in [-0.3, -0.25) is 4.79 Å². The van der Waals surface area contributed by atoms with Crippen LogP contribution in [0.25, 0.3) is 0 Å². The molecule has 26 heavy (non-hydrogen) atoms. The molecule has 0 saturated carbocycles. The average molecular weight is 355 g/mol. The first kappa shape index (κ1) is 18.4. The Morgan fingerprint density at radius 1 is 1.23 bits per heavy atom. The topological polar surface area (TPSA) is 58.4 Å². The van der Waals surface area contributed by atoms with Gasteiger partial charge >= 0.3 is 0 Å². The molecule has 1 heterocycles. The molecule has 3 N–H and O–H groups in total. The van der Waals surface area contributed by atoms with Crippen LogP contribution < -0.4 is 16.0 Å². The number of aryl methyl sites for hydroxylation is 2. The standard InChI is InChI=1S/C21H26FN3O/c1-14-5-7-16(8-6-14)20(23)21(26)24-18-4-3-11-25(13-18)19-10-9-17(22)12-15(19)2/h5-10,12,18,20H,3-4,11,13,23H2,1-2H3,(H,24,26). The number of hydrogen-bond donors (Lipinski definition) is 2. The van der Waals surface area contributed by atoms with Crippen molar-refractivity contribution < 1.29 is 9.18 Å². The summed E-state index contributed by atoms with van der Waals surface area (Å²) >= 11 is 0. The molecule has 4 nitrogen and oxygen atoms in total. The van der Waals surface area contributed by atoms with Gasteiger partial charge in [0.2, 0.25) is 5.91 Å². The number of amides is 1. The molecule has 2 aromatic carbocycles. The number of halogens is 1. The minimum Gasteiger partial charge on any atom is -0.369 e. The van der Waals surface area contributed by atoms with Crippen molar-refractivity contribution in [2.45, 2.75) is 38.8 Å². The Labute approximate surface area is 154 Å². The van der Waals surface area contributed by atoms with Crippen LogP contribution in [0.15, 0.2) is 42.5 Å². The number of rotatable bonds is 4. The summed E-state index contributed by atoms with van der Waals surface area (Å²) < 4.78 is 13.3. The Hall–Kier alpha value is -2.40. The second-order valence-corrected chi connectivity index (χ2v) is 7.11. The van der Waals surface area contributed by atoms with Gasteiger partial charge in [-0.1, -0.05) is 29.8 Å². The SMILES string of the molecule is Cc1ccc(C(N)C(=O)NC2CCCN(c3ccc(F)cc3C)C2)cc1. The maximum atomic E-state index is 13.3. The monoisotopic (exact) mass is 355 g/mol. The van der Waals surface area contributed by atoms with E-state index < -0.39 is 6.04 Å². The fourth-order valence-electron chi connectivity index (χ4n) is 3.50. The van der Waals surface area contributed by atoms with Crippen LogP contribution in [-0.2, 0) is 4.79 Å². The van der Waals surface area contributed by atoms with Gasteiger partial charge in [-0.15, -0.1) is 0 Å². The highest BCUT2D eigenvalue weighted by molar-refractivity contribution is 5.83. The van der Waals surface area contributed by atoms with Crippen LogP contribution in [0.2, 0.25) is 0 Å². The molecule has 1 aliphatic heterocycles. The molecule has 3 rings (SSSR count). The molecule has 2 atom stereocenters. The highest BCUT2D eigenvalue weighted by Crippen LogP contribution is 2.24. The fourth-order valence-corrected chi connectivity index (χ4v) is 3.50. The molecule has 0 spiro atoms. The minimum absolute atomic E-state index is 0.0391. The Balaban J connectivity index is 1.64. The molecule has 0 radical (unpaired) electrons. The summed E-state index contributed by atoms with van der Waals surface area (Å²) in [5, 5.41) is 3.08. The lowest BCUT2D eigenvalue weighted by molar-refractivity contribution is -0.123. The Morgan fingerprint density at radius 2 is 1.96 bits per heavy atom. The van der Waals surface area contributed by atoms with E-state index in [0.717, 1.165) is 41.8 Å². The maximum absolute atomic E-state index is 13.3. The van der Waals surface area contributed by atoms with Crippen LogP contribution in [0, 0.1) is 19.7 Å². The number of nitrogens with zero attached hydrogens (tertiary/aromatic N) is 1. The molecule has 0 aliphatic carbocycles. The minimum atomic E-state index is -0.668. The number of nitrogens with one attached hydrogen (secondary N) is 1. The largest absolute Gasteiger partial charge is 0.369 e. The van der Waals surface area contributed by atoms with Gasteiger partial charge in [-0.2, -0.15) is 0 Å². The maximum Gasteiger partial charge on any atom is 0.241 e. The van der Waals surface area contributed by atoms with E-state index in [1.807, 2.05) is 44.2 Å². The second kappa shape index (κ2) is 7.87. The van der Waals surface area contributed by atoms with E-state index in [-0.39, 0.29) is 17.8 Å². The van der Waals surface area contributed by atoms with Crippen molar-refractivity contribution >= 4 is 11.6 Å². The molecular weight excluding hydrogens is 329 g/mol. The van der Waals surface area contributed by atoms with Crippen molar-refractivity contribution in [3.8, 4) is 0 Å². The molecule has 0 bridgehead atoms. The first-order valence-corrected chi connectivity index (χ1v) is 9.07. The summed E-state index contributed by atoms with van der Waals surface area (Å²) in [6, 6.07) is 11.9. The van der Waals surface area contributed by atoms with E-state index in [9.17, 15) is 9.18 Å². The lowest BCUT2D eigenvalue weighted by atomic mass is 10.0. The van der Waals surface area contributed by atoms with Crippen molar-refractivity contribution in [1.82, 2.24) is 5.32 Å². The van der Waals surface area contributed by atoms with E-state index in [1.54, 1.807) is 6.07 Å². The van der Waals surface area contributed by atoms with Gasteiger partial charge in [0.1, 0.15) is 11.9 Å². The third-order valence-electron chi connectivity index (χ3n) is 4.99. The number of benzene rings is 2. The van der Waals surface area contributed by atoms with Gasteiger partial charge in [0.15, 0.2) is 0 Å². The molecule has 2 aromatic rings. The van der Waals surface area contributed by atoms with E-state index in [0.29, 0.717) is 6.54 Å². The number of piperidine rings is 1. The van der Waals surface area contributed by atoms with E-state index in [4.69, 9.17) is 5.73 Å². The zero-order chi connectivity index (χ0) is 18.7. The third-order valence-corrected chi connectivity index (χ3v) is 4.99. The number of hydrogen-bond acceptors (Lipinski definition) is 3. The van der Waals surface area contributed by atoms with Crippen LogP contribution in [0.1, 0.15) is 35.6 Å². The predicted octanol–water partition coefficient (Wildman–Crippen LogP) is 3.23. The van der Waals surface area contributed by atoms with E-state index in [2.05, 4.69) is 10.2 Å². The summed E-state index contributed by atoms with van der Waals surface area (Å²) in [5.41, 5.74) is 10.0. The number of carbonyl (C=O) groups is 1. The first-order chi connectivity index (χ1) is 12.4. The molecule has 5 heteroatoms. The molecule has 1 aliphatic rings. The van der Waals surface area contributed by atoms with Crippen LogP contribution >= 0.6 is 0 Å². The molecule has 2 unspecified atom stereocenters. The molecule has 0 aromatic heterocycles. The highest BCUT2D eigenvalue weighted by Gasteiger charge is 2.25. The van der Waals surface area contributed by atoms with Gasteiger partial charge < -0.3 is 16.0 Å². The normalized spacial score (nSPS) is 18.5. The second-order valence-electron chi connectivity index (χ2n) is 7.11. The lowest BCUT2D eigenvalue weighted by Crippen LogP contribution is -2.50. The molecule has 1 saturated heterocycles. The highest BCUT2D eigenvalue weighted by atomic mass is 19.1. The molecule has 138 valence electrons. The van der Waals surface area contributed by atoms with Gasteiger partial charge in [0, 0.05) is 24.8 Å². The van der Waals surface area contributed by atoms with Crippen LogP contribution in [0.5, 0.6) is 0 Å². The first-order valence-electron chi connectivity index (χ1n) is 9.07. The van der Waals surface area contributed by atoms with Crippen LogP contribution in [0.3, 0.4) is 0 Å². The Kier molecular flexibility index (Phi) is 5.57. The summed E-state index contributed by atoms with van der Waals surface area (Å²) in [5.74, 6) is -0.381. The summed E-state index contributed by atoms with van der Waals surface area (Å²) in [4.78, 5) is 14.8. The van der Waals surface area contributed by atoms with E-state index >= 15 is 0 Å². The van der Waals surface area contributed by atoms with Gasteiger partial charge in [-0.05, 0) is 56.0 Å². The number of nitrogens with two attached hydrogens (primary N) is 1. The fraction of sp³-hybridized carbons (Fsp3) is 0.381.